The van der Waals surface area contributed by atoms with Crippen molar-refractivity contribution in [3.63, 3.8) is 0 Å². The van der Waals surface area contributed by atoms with Gasteiger partial charge in [0.05, 0.1) is 6.10 Å². The molecule has 0 radical (unpaired) electrons. The summed E-state index contributed by atoms with van der Waals surface area (Å²) < 4.78 is 5.50. The predicted molar refractivity (Wildman–Crippen MR) is 113 cm³/mol. The van der Waals surface area contributed by atoms with Gasteiger partial charge in [0.15, 0.2) is 5.11 Å². The number of hydrogen-bond acceptors (Lipinski definition) is 4. The van der Waals surface area contributed by atoms with E-state index in [1.165, 1.54) is 0 Å². The zero-order valence-electron chi connectivity index (χ0n) is 15.7. The first-order valence-corrected chi connectivity index (χ1v) is 9.61. The van der Waals surface area contributed by atoms with E-state index in [4.69, 9.17) is 17.0 Å². The molecule has 7 heteroatoms. The van der Waals surface area contributed by atoms with Crippen LogP contribution in [0.25, 0.3) is 0 Å². The van der Waals surface area contributed by atoms with E-state index in [1.54, 1.807) is 36.4 Å². The van der Waals surface area contributed by atoms with Crippen LogP contribution in [0.4, 0.5) is 5.69 Å². The maximum Gasteiger partial charge on any atom is 0.257 e. The lowest BCUT2D eigenvalue weighted by Gasteiger charge is -2.12. The summed E-state index contributed by atoms with van der Waals surface area (Å²) in [6.07, 6.45) is 2.13. The lowest BCUT2D eigenvalue weighted by atomic mass is 10.1. The van der Waals surface area contributed by atoms with Crippen LogP contribution in [0.5, 0.6) is 0 Å². The fourth-order valence-electron chi connectivity index (χ4n) is 2.94. The Bertz CT molecular complexity index is 861. The molecule has 0 bridgehead atoms. The second-order valence-corrected chi connectivity index (χ2v) is 7.11. The molecule has 1 aliphatic rings. The van der Waals surface area contributed by atoms with Gasteiger partial charge >= 0.3 is 0 Å². The van der Waals surface area contributed by atoms with Crippen molar-refractivity contribution in [1.29, 1.82) is 0 Å². The van der Waals surface area contributed by atoms with Gasteiger partial charge < -0.3 is 15.4 Å². The minimum Gasteiger partial charge on any atom is -0.376 e. The topological polar surface area (TPSA) is 79.5 Å². The van der Waals surface area contributed by atoms with Crippen molar-refractivity contribution in [1.82, 2.24) is 10.6 Å². The quantitative estimate of drug-likeness (QED) is 0.676. The highest BCUT2D eigenvalue weighted by atomic mass is 32.1. The van der Waals surface area contributed by atoms with Crippen molar-refractivity contribution >= 4 is 34.8 Å². The van der Waals surface area contributed by atoms with Gasteiger partial charge in [-0.25, -0.2) is 0 Å². The number of nitrogens with one attached hydrogen (secondary N) is 3. The van der Waals surface area contributed by atoms with E-state index in [2.05, 4.69) is 16.0 Å². The molecule has 28 heavy (non-hydrogen) atoms. The van der Waals surface area contributed by atoms with Gasteiger partial charge in [0.25, 0.3) is 11.8 Å². The molecule has 1 heterocycles. The molecular formula is C21H23N3O3S. The Balaban J connectivity index is 1.49. The molecule has 146 valence electrons. The second-order valence-electron chi connectivity index (χ2n) is 6.70. The van der Waals surface area contributed by atoms with Gasteiger partial charge in [-0.3, -0.25) is 14.9 Å². The highest BCUT2D eigenvalue weighted by Gasteiger charge is 2.16. The van der Waals surface area contributed by atoms with Crippen LogP contribution in [0.1, 0.15) is 39.1 Å². The molecule has 1 fully saturated rings. The molecule has 0 spiro atoms. The van der Waals surface area contributed by atoms with Crippen molar-refractivity contribution in [2.24, 2.45) is 0 Å². The van der Waals surface area contributed by atoms with Crippen LogP contribution in [0.3, 0.4) is 0 Å². The Labute approximate surface area is 169 Å². The molecule has 3 N–H and O–H groups in total. The van der Waals surface area contributed by atoms with Crippen LogP contribution in [-0.4, -0.2) is 36.2 Å². The summed E-state index contributed by atoms with van der Waals surface area (Å²) in [6, 6.07) is 14.2. The van der Waals surface area contributed by atoms with E-state index in [9.17, 15) is 9.59 Å². The lowest BCUT2D eigenvalue weighted by molar-refractivity contribution is 0.0857. The van der Waals surface area contributed by atoms with Crippen LogP contribution >= 0.6 is 12.2 Å². The number of benzene rings is 2. The molecule has 1 unspecified atom stereocenters. The third kappa shape index (κ3) is 5.61. The smallest absolute Gasteiger partial charge is 0.257 e. The van der Waals surface area contributed by atoms with E-state index < -0.39 is 0 Å². The maximum atomic E-state index is 12.2. The minimum atomic E-state index is -0.272. The molecule has 1 aliphatic heterocycles. The average Bonchev–Trinajstić information content (AvgIpc) is 3.20. The molecule has 0 aromatic heterocycles. The molecule has 2 amide bonds. The number of ether oxygens (including phenoxy) is 1. The number of carbonyl (C=O) groups is 2. The first-order chi connectivity index (χ1) is 13.5. The summed E-state index contributed by atoms with van der Waals surface area (Å²) in [7, 11) is 0. The fraction of sp³-hybridized carbons (Fsp3) is 0.286. The molecule has 6 nitrogen and oxygen atoms in total. The highest BCUT2D eigenvalue weighted by molar-refractivity contribution is 7.80. The number of anilines is 1. The Morgan fingerprint density at radius 3 is 2.57 bits per heavy atom. The molecule has 1 atom stereocenters. The standard InChI is InChI=1S/C21H23N3O3S/c1-14-4-2-5-16(12-14)20(26)24-21(28)23-17-9-7-15(8-10-17)19(25)22-13-18-6-3-11-27-18/h2,4-5,7-10,12,18H,3,6,11,13H2,1H3,(H,22,25)(H2,23,24,26,28). The number of thiocarbonyl (C=S) groups is 1. The third-order valence-corrected chi connectivity index (χ3v) is 4.63. The summed E-state index contributed by atoms with van der Waals surface area (Å²) >= 11 is 5.20. The number of amides is 2. The van der Waals surface area contributed by atoms with Crippen LogP contribution in [-0.2, 0) is 4.74 Å². The molecular weight excluding hydrogens is 374 g/mol. The van der Waals surface area contributed by atoms with Gasteiger partial charge in [-0.15, -0.1) is 0 Å². The molecule has 0 saturated carbocycles. The first-order valence-electron chi connectivity index (χ1n) is 9.20. The zero-order chi connectivity index (χ0) is 19.9. The normalized spacial score (nSPS) is 15.7. The summed E-state index contributed by atoms with van der Waals surface area (Å²) in [5, 5.41) is 8.68. The molecule has 2 aromatic rings. The SMILES string of the molecule is Cc1cccc(C(=O)NC(=S)Nc2ccc(C(=O)NCC3CCCO3)cc2)c1. The second kappa shape index (κ2) is 9.43. The van der Waals surface area contributed by atoms with Crippen LogP contribution in [0.15, 0.2) is 48.5 Å². The van der Waals surface area contributed by atoms with E-state index in [-0.39, 0.29) is 23.0 Å². The Morgan fingerprint density at radius 2 is 1.89 bits per heavy atom. The van der Waals surface area contributed by atoms with Crippen molar-refractivity contribution in [3.05, 3.63) is 65.2 Å². The molecule has 0 aliphatic carbocycles. The minimum absolute atomic E-state index is 0.110. The van der Waals surface area contributed by atoms with Crippen molar-refractivity contribution in [3.8, 4) is 0 Å². The van der Waals surface area contributed by atoms with Gasteiger partial charge in [0, 0.05) is 30.0 Å². The molecule has 2 aromatic carbocycles. The number of rotatable bonds is 5. The van der Waals surface area contributed by atoms with Gasteiger partial charge in [0.2, 0.25) is 0 Å². The summed E-state index contributed by atoms with van der Waals surface area (Å²) in [4.78, 5) is 24.4. The van der Waals surface area contributed by atoms with Crippen LogP contribution < -0.4 is 16.0 Å². The number of aryl methyl sites for hydroxylation is 1. The highest BCUT2D eigenvalue weighted by Crippen LogP contribution is 2.12. The lowest BCUT2D eigenvalue weighted by Crippen LogP contribution is -2.34. The van der Waals surface area contributed by atoms with Gasteiger partial charge in [-0.1, -0.05) is 17.7 Å². The Morgan fingerprint density at radius 1 is 1.11 bits per heavy atom. The third-order valence-electron chi connectivity index (χ3n) is 4.43. The summed E-state index contributed by atoms with van der Waals surface area (Å²) in [6.45, 7) is 3.21. The summed E-state index contributed by atoms with van der Waals surface area (Å²) in [5.74, 6) is -0.413. The maximum absolute atomic E-state index is 12.2. The van der Waals surface area contributed by atoms with Crippen molar-refractivity contribution in [2.45, 2.75) is 25.9 Å². The summed E-state index contributed by atoms with van der Waals surface area (Å²) in [5.41, 5.74) is 2.78. The number of hydrogen-bond donors (Lipinski definition) is 3. The molecule has 3 rings (SSSR count). The zero-order valence-corrected chi connectivity index (χ0v) is 16.5. The van der Waals surface area contributed by atoms with E-state index in [0.29, 0.717) is 23.4 Å². The monoisotopic (exact) mass is 397 g/mol. The van der Waals surface area contributed by atoms with Crippen LogP contribution in [0.2, 0.25) is 0 Å². The largest absolute Gasteiger partial charge is 0.376 e. The number of carbonyl (C=O) groups excluding carboxylic acids is 2. The Hall–Kier alpha value is -2.77. The first kappa shape index (κ1) is 20.0. The van der Waals surface area contributed by atoms with Gasteiger partial charge in [0.1, 0.15) is 0 Å². The fourth-order valence-corrected chi connectivity index (χ4v) is 3.15. The predicted octanol–water partition coefficient (Wildman–Crippen LogP) is 3.03. The van der Waals surface area contributed by atoms with Gasteiger partial charge in [-0.2, -0.15) is 0 Å². The molecule has 1 saturated heterocycles. The van der Waals surface area contributed by atoms with Gasteiger partial charge in [-0.05, 0) is 68.4 Å². The van der Waals surface area contributed by atoms with E-state index >= 15 is 0 Å². The van der Waals surface area contributed by atoms with E-state index in [1.807, 2.05) is 19.1 Å². The van der Waals surface area contributed by atoms with E-state index in [0.717, 1.165) is 25.0 Å². The average molecular weight is 398 g/mol. The van der Waals surface area contributed by atoms with Crippen molar-refractivity contribution < 1.29 is 14.3 Å². The van der Waals surface area contributed by atoms with Crippen molar-refractivity contribution in [2.75, 3.05) is 18.5 Å². The van der Waals surface area contributed by atoms with Crippen LogP contribution in [0, 0.1) is 6.92 Å². The Kier molecular flexibility index (Phi) is 6.73.